The Hall–Kier alpha value is -0.940. The van der Waals surface area contributed by atoms with Gasteiger partial charge in [0.05, 0.1) is 12.7 Å². The van der Waals surface area contributed by atoms with Crippen molar-refractivity contribution >= 4 is 0 Å². The van der Waals surface area contributed by atoms with Crippen LogP contribution in [0.1, 0.15) is 18.9 Å². The number of morpholine rings is 1. The third-order valence-corrected chi connectivity index (χ3v) is 3.76. The number of nitrogens with zero attached hydrogens (tertiary/aromatic N) is 2. The predicted molar refractivity (Wildman–Crippen MR) is 80.4 cm³/mol. The molecule has 1 N–H and O–H groups in total. The molecule has 1 aliphatic rings. The number of hydrogen-bond acceptors (Lipinski definition) is 4. The Labute approximate surface area is 122 Å². The van der Waals surface area contributed by atoms with Crippen LogP contribution in [0.25, 0.3) is 0 Å². The summed E-state index contributed by atoms with van der Waals surface area (Å²) in [5.74, 6) is 0. The van der Waals surface area contributed by atoms with Gasteiger partial charge in [0, 0.05) is 26.2 Å². The average molecular weight is 278 g/mol. The number of aliphatic hydroxyl groups is 1. The van der Waals surface area contributed by atoms with Gasteiger partial charge < -0.3 is 9.84 Å². The van der Waals surface area contributed by atoms with E-state index in [-0.39, 0.29) is 12.3 Å². The van der Waals surface area contributed by atoms with Crippen LogP contribution in [0.2, 0.25) is 0 Å². The largest absolute Gasteiger partial charge is 0.393 e. The Morgan fingerprint density at radius 3 is 2.85 bits per heavy atom. The molecule has 1 saturated heterocycles. The van der Waals surface area contributed by atoms with Gasteiger partial charge in [0.1, 0.15) is 6.23 Å². The molecule has 1 aromatic rings. The lowest BCUT2D eigenvalue weighted by atomic mass is 10.2. The molecule has 2 atom stereocenters. The summed E-state index contributed by atoms with van der Waals surface area (Å²) in [7, 11) is 2.11. The lowest BCUT2D eigenvalue weighted by Gasteiger charge is -2.37. The molecule has 0 saturated carbocycles. The van der Waals surface area contributed by atoms with Crippen LogP contribution in [-0.2, 0) is 11.3 Å². The van der Waals surface area contributed by atoms with Gasteiger partial charge in [0.15, 0.2) is 0 Å². The van der Waals surface area contributed by atoms with Gasteiger partial charge in [-0.05, 0) is 26.0 Å². The summed E-state index contributed by atoms with van der Waals surface area (Å²) in [5, 5.41) is 9.38. The molecule has 0 spiro atoms. The van der Waals surface area contributed by atoms with Crippen molar-refractivity contribution in [3.8, 4) is 0 Å². The molecule has 1 unspecified atom stereocenters. The first-order chi connectivity index (χ1) is 9.65. The molecule has 20 heavy (non-hydrogen) atoms. The van der Waals surface area contributed by atoms with E-state index >= 15 is 0 Å². The molecular weight excluding hydrogens is 252 g/mol. The lowest BCUT2D eigenvalue weighted by molar-refractivity contribution is -0.107. The average Bonchev–Trinajstić information content (AvgIpc) is 2.46. The number of ether oxygens (including phenoxy) is 1. The van der Waals surface area contributed by atoms with Crippen LogP contribution < -0.4 is 0 Å². The van der Waals surface area contributed by atoms with Crippen molar-refractivity contribution in [3.63, 3.8) is 0 Å². The smallest absolute Gasteiger partial charge is 0.123 e. The van der Waals surface area contributed by atoms with E-state index in [0.717, 1.165) is 39.2 Å². The summed E-state index contributed by atoms with van der Waals surface area (Å²) in [6, 6.07) is 10.5. The zero-order valence-electron chi connectivity index (χ0n) is 12.5. The minimum atomic E-state index is -0.224. The van der Waals surface area contributed by atoms with Crippen LogP contribution >= 0.6 is 0 Å². The Morgan fingerprint density at radius 2 is 2.15 bits per heavy atom. The van der Waals surface area contributed by atoms with Gasteiger partial charge in [-0.2, -0.15) is 0 Å². The van der Waals surface area contributed by atoms with Crippen LogP contribution in [0, 0.1) is 0 Å². The van der Waals surface area contributed by atoms with E-state index in [0.29, 0.717) is 0 Å². The molecule has 4 heteroatoms. The second kappa shape index (κ2) is 7.74. The molecule has 0 amide bonds. The van der Waals surface area contributed by atoms with Crippen molar-refractivity contribution in [2.75, 3.05) is 33.3 Å². The van der Waals surface area contributed by atoms with E-state index in [1.807, 2.05) is 13.0 Å². The highest BCUT2D eigenvalue weighted by atomic mass is 16.5. The highest BCUT2D eigenvalue weighted by molar-refractivity contribution is 5.14. The fourth-order valence-electron chi connectivity index (χ4n) is 2.50. The minimum absolute atomic E-state index is 0.137. The first-order valence-electron chi connectivity index (χ1n) is 7.41. The Kier molecular flexibility index (Phi) is 5.98. The number of aliphatic hydroxyl groups excluding tert-OH is 1. The molecule has 0 aliphatic carbocycles. The van der Waals surface area contributed by atoms with Crippen molar-refractivity contribution < 1.29 is 9.84 Å². The van der Waals surface area contributed by atoms with Crippen LogP contribution in [0.4, 0.5) is 0 Å². The van der Waals surface area contributed by atoms with Crippen LogP contribution in [0.5, 0.6) is 0 Å². The molecular formula is C16H26N2O2. The molecule has 0 aromatic heterocycles. The molecule has 1 fully saturated rings. The Morgan fingerprint density at radius 1 is 1.40 bits per heavy atom. The predicted octanol–water partition coefficient (Wildman–Crippen LogP) is 1.55. The summed E-state index contributed by atoms with van der Waals surface area (Å²) in [6.45, 7) is 6.33. The maximum atomic E-state index is 9.38. The van der Waals surface area contributed by atoms with Gasteiger partial charge in [-0.15, -0.1) is 0 Å². The van der Waals surface area contributed by atoms with Gasteiger partial charge in [-0.3, -0.25) is 9.80 Å². The summed E-state index contributed by atoms with van der Waals surface area (Å²) >= 11 is 0. The summed E-state index contributed by atoms with van der Waals surface area (Å²) in [4.78, 5) is 4.63. The van der Waals surface area contributed by atoms with Gasteiger partial charge in [-0.25, -0.2) is 0 Å². The maximum absolute atomic E-state index is 9.38. The molecule has 112 valence electrons. The minimum Gasteiger partial charge on any atom is -0.393 e. The van der Waals surface area contributed by atoms with E-state index in [4.69, 9.17) is 4.74 Å². The summed E-state index contributed by atoms with van der Waals surface area (Å²) in [6.07, 6.45) is 0.742. The van der Waals surface area contributed by atoms with E-state index < -0.39 is 0 Å². The lowest BCUT2D eigenvalue weighted by Crippen LogP contribution is -2.49. The monoisotopic (exact) mass is 278 g/mol. The fraction of sp³-hybridized carbons (Fsp3) is 0.625. The van der Waals surface area contributed by atoms with E-state index in [1.54, 1.807) is 0 Å². The molecule has 0 radical (unpaired) electrons. The Bertz CT molecular complexity index is 383. The molecule has 1 heterocycles. The second-order valence-electron chi connectivity index (χ2n) is 5.66. The maximum Gasteiger partial charge on any atom is 0.123 e. The van der Waals surface area contributed by atoms with Crippen molar-refractivity contribution in [2.45, 2.75) is 32.2 Å². The molecule has 2 rings (SSSR count). The topological polar surface area (TPSA) is 35.9 Å². The fourth-order valence-corrected chi connectivity index (χ4v) is 2.50. The van der Waals surface area contributed by atoms with Gasteiger partial charge in [0.2, 0.25) is 0 Å². The van der Waals surface area contributed by atoms with E-state index in [1.165, 1.54) is 5.56 Å². The van der Waals surface area contributed by atoms with Crippen molar-refractivity contribution in [2.24, 2.45) is 0 Å². The third kappa shape index (κ3) is 4.87. The summed E-state index contributed by atoms with van der Waals surface area (Å²) in [5.41, 5.74) is 1.31. The van der Waals surface area contributed by atoms with Crippen LogP contribution in [0.15, 0.2) is 30.3 Å². The van der Waals surface area contributed by atoms with Crippen molar-refractivity contribution in [3.05, 3.63) is 35.9 Å². The molecule has 0 bridgehead atoms. The van der Waals surface area contributed by atoms with Crippen LogP contribution in [-0.4, -0.2) is 60.5 Å². The van der Waals surface area contributed by atoms with E-state index in [9.17, 15) is 5.11 Å². The standard InChI is InChI=1S/C16H26N2O2/c1-14(19)8-9-18-10-11-20-16(13-18)17(2)12-15-6-4-3-5-7-15/h3-7,14,16,19H,8-13H2,1-2H3/t14-,16?/m1/s1. The summed E-state index contributed by atoms with van der Waals surface area (Å²) < 4.78 is 5.87. The number of benzene rings is 1. The van der Waals surface area contributed by atoms with Gasteiger partial charge in [0.25, 0.3) is 0 Å². The van der Waals surface area contributed by atoms with E-state index in [2.05, 4.69) is 41.1 Å². The highest BCUT2D eigenvalue weighted by Gasteiger charge is 2.23. The van der Waals surface area contributed by atoms with Crippen molar-refractivity contribution in [1.82, 2.24) is 9.80 Å². The number of rotatable bonds is 6. The highest BCUT2D eigenvalue weighted by Crippen LogP contribution is 2.12. The van der Waals surface area contributed by atoms with Gasteiger partial charge in [-0.1, -0.05) is 30.3 Å². The normalized spacial score (nSPS) is 22.1. The quantitative estimate of drug-likeness (QED) is 0.856. The molecule has 4 nitrogen and oxygen atoms in total. The molecule has 1 aliphatic heterocycles. The van der Waals surface area contributed by atoms with Crippen LogP contribution in [0.3, 0.4) is 0 Å². The SMILES string of the molecule is C[C@@H](O)CCN1CCOC(N(C)Cc2ccccc2)C1. The van der Waals surface area contributed by atoms with Gasteiger partial charge >= 0.3 is 0 Å². The molecule has 1 aromatic carbocycles. The zero-order chi connectivity index (χ0) is 14.4. The third-order valence-electron chi connectivity index (χ3n) is 3.76. The Balaban J connectivity index is 1.82. The first kappa shape index (κ1) is 15.4. The number of hydrogen-bond donors (Lipinski definition) is 1. The zero-order valence-corrected chi connectivity index (χ0v) is 12.5. The second-order valence-corrected chi connectivity index (χ2v) is 5.66. The van der Waals surface area contributed by atoms with Crippen molar-refractivity contribution in [1.29, 1.82) is 0 Å². The first-order valence-corrected chi connectivity index (χ1v) is 7.41. The number of likely N-dealkylation sites (N-methyl/N-ethyl adjacent to an activating group) is 1.